The smallest absolute Gasteiger partial charge is 0.411 e. The number of amides is 1. The van der Waals surface area contributed by atoms with Crippen LogP contribution in [-0.4, -0.2) is 43.7 Å². The first-order chi connectivity index (χ1) is 17.0. The predicted molar refractivity (Wildman–Crippen MR) is 139 cm³/mol. The normalized spacial score (nSPS) is 13.4. The van der Waals surface area contributed by atoms with Gasteiger partial charge in [-0.25, -0.2) is 9.18 Å². The van der Waals surface area contributed by atoms with Gasteiger partial charge in [-0.3, -0.25) is 15.1 Å². The highest BCUT2D eigenvalue weighted by Gasteiger charge is 2.23. The number of para-hydroxylation sites is 1. The van der Waals surface area contributed by atoms with Crippen LogP contribution in [0.4, 0.5) is 26.2 Å². The standard InChI is InChI=1S/C26H27FN4O4.ClH/c1-34-23-6-5-18(15-21(23)27)25(32)20-3-2-4-22(28)24(20)30-26(33)35-16-17-9-13-31(14-10-17)19-7-11-29-12-8-19;/h2-8,11-12,15,17H,9-10,13-14,16,28H2,1H3,(H,30,33);1H. The summed E-state index contributed by atoms with van der Waals surface area (Å²) in [4.78, 5) is 31.9. The number of hydrogen-bond acceptors (Lipinski definition) is 7. The van der Waals surface area contributed by atoms with Crippen molar-refractivity contribution < 1.29 is 23.5 Å². The SMILES string of the molecule is COc1ccc(C(=O)c2cccc(N)c2NC(=O)OCC2CCN(c3ccncc3)CC2)cc1F.Cl. The number of carbonyl (C=O) groups is 2. The Morgan fingerprint density at radius 3 is 2.53 bits per heavy atom. The van der Waals surface area contributed by atoms with Gasteiger partial charge in [0.15, 0.2) is 17.3 Å². The third-order valence-electron chi connectivity index (χ3n) is 6.07. The van der Waals surface area contributed by atoms with Crippen molar-refractivity contribution in [2.45, 2.75) is 12.8 Å². The van der Waals surface area contributed by atoms with Gasteiger partial charge in [-0.05, 0) is 61.2 Å². The zero-order valence-corrected chi connectivity index (χ0v) is 20.6. The first kappa shape index (κ1) is 26.7. The Balaban J connectivity index is 0.00000361. The number of hydrogen-bond donors (Lipinski definition) is 2. The van der Waals surface area contributed by atoms with Gasteiger partial charge in [0.25, 0.3) is 0 Å². The first-order valence-corrected chi connectivity index (χ1v) is 11.3. The van der Waals surface area contributed by atoms with Gasteiger partial charge in [0.05, 0.1) is 25.1 Å². The van der Waals surface area contributed by atoms with Crippen LogP contribution >= 0.6 is 12.4 Å². The number of benzene rings is 2. The lowest BCUT2D eigenvalue weighted by atomic mass is 9.97. The molecule has 4 rings (SSSR count). The molecule has 1 aliphatic rings. The average molecular weight is 515 g/mol. The summed E-state index contributed by atoms with van der Waals surface area (Å²) in [5.41, 5.74) is 7.75. The monoisotopic (exact) mass is 514 g/mol. The zero-order chi connectivity index (χ0) is 24.8. The van der Waals surface area contributed by atoms with Crippen molar-refractivity contribution in [1.29, 1.82) is 0 Å². The van der Waals surface area contributed by atoms with Crippen LogP contribution in [0.15, 0.2) is 60.9 Å². The second-order valence-electron chi connectivity index (χ2n) is 8.31. The molecule has 36 heavy (non-hydrogen) atoms. The number of aromatic nitrogens is 1. The van der Waals surface area contributed by atoms with Gasteiger partial charge >= 0.3 is 6.09 Å². The van der Waals surface area contributed by atoms with Gasteiger partial charge in [-0.15, -0.1) is 12.4 Å². The minimum atomic E-state index is -0.700. The third-order valence-corrected chi connectivity index (χ3v) is 6.07. The van der Waals surface area contributed by atoms with E-state index in [1.807, 2.05) is 12.1 Å². The summed E-state index contributed by atoms with van der Waals surface area (Å²) in [6.07, 6.45) is 4.61. The number of pyridine rings is 1. The maximum absolute atomic E-state index is 14.1. The number of rotatable bonds is 7. The number of anilines is 3. The summed E-state index contributed by atoms with van der Waals surface area (Å²) in [7, 11) is 1.34. The van der Waals surface area contributed by atoms with E-state index < -0.39 is 17.7 Å². The summed E-state index contributed by atoms with van der Waals surface area (Å²) < 4.78 is 24.5. The molecular formula is C26H28ClFN4O4. The van der Waals surface area contributed by atoms with Crippen LogP contribution in [-0.2, 0) is 4.74 Å². The molecule has 1 amide bonds. The molecule has 0 bridgehead atoms. The van der Waals surface area contributed by atoms with Crippen LogP contribution in [0, 0.1) is 11.7 Å². The van der Waals surface area contributed by atoms with Crippen molar-refractivity contribution in [2.24, 2.45) is 5.92 Å². The number of piperidine rings is 1. The number of ketones is 1. The van der Waals surface area contributed by atoms with Crippen molar-refractivity contribution in [3.8, 4) is 5.75 Å². The molecule has 1 saturated heterocycles. The molecule has 2 aromatic carbocycles. The topological polar surface area (TPSA) is 107 Å². The van der Waals surface area contributed by atoms with E-state index in [1.165, 1.54) is 25.3 Å². The van der Waals surface area contributed by atoms with E-state index in [4.69, 9.17) is 15.2 Å². The van der Waals surface area contributed by atoms with Crippen molar-refractivity contribution in [3.63, 3.8) is 0 Å². The second-order valence-corrected chi connectivity index (χ2v) is 8.31. The van der Waals surface area contributed by atoms with Gasteiger partial charge < -0.3 is 20.1 Å². The molecule has 1 aliphatic heterocycles. The van der Waals surface area contributed by atoms with Crippen molar-refractivity contribution in [1.82, 2.24) is 4.98 Å². The summed E-state index contributed by atoms with van der Waals surface area (Å²) in [6.45, 7) is 1.99. The highest BCUT2D eigenvalue weighted by atomic mass is 35.5. The Labute approximate surface area is 215 Å². The molecule has 0 spiro atoms. The maximum atomic E-state index is 14.1. The molecule has 3 aromatic rings. The molecule has 10 heteroatoms. The Bertz CT molecular complexity index is 1200. The number of halogens is 2. The van der Waals surface area contributed by atoms with Gasteiger partial charge in [0.2, 0.25) is 0 Å². The number of nitrogens with two attached hydrogens (primary N) is 1. The minimum Gasteiger partial charge on any atom is -0.494 e. The van der Waals surface area contributed by atoms with Crippen molar-refractivity contribution in [3.05, 3.63) is 77.9 Å². The number of carbonyl (C=O) groups excluding carboxylic acids is 2. The minimum absolute atomic E-state index is 0. The average Bonchev–Trinajstić information content (AvgIpc) is 2.89. The molecule has 0 unspecified atom stereocenters. The number of nitrogens with zero attached hydrogens (tertiary/aromatic N) is 2. The fraction of sp³-hybridized carbons (Fsp3) is 0.269. The molecule has 1 fully saturated rings. The molecule has 0 atom stereocenters. The molecule has 0 aliphatic carbocycles. The maximum Gasteiger partial charge on any atom is 0.411 e. The quantitative estimate of drug-likeness (QED) is 0.340. The zero-order valence-electron chi connectivity index (χ0n) is 19.8. The van der Waals surface area contributed by atoms with Gasteiger partial charge in [0, 0.05) is 42.3 Å². The van der Waals surface area contributed by atoms with Crippen LogP contribution in [0.1, 0.15) is 28.8 Å². The first-order valence-electron chi connectivity index (χ1n) is 11.3. The van der Waals surface area contributed by atoms with Crippen LogP contribution in [0.3, 0.4) is 0 Å². The molecule has 3 N–H and O–H groups in total. The second kappa shape index (κ2) is 12.2. The summed E-state index contributed by atoms with van der Waals surface area (Å²) >= 11 is 0. The predicted octanol–water partition coefficient (Wildman–Crippen LogP) is 4.93. The third kappa shape index (κ3) is 6.23. The van der Waals surface area contributed by atoms with E-state index in [-0.39, 0.29) is 53.2 Å². The number of nitrogens with one attached hydrogen (secondary N) is 1. The highest BCUT2D eigenvalue weighted by Crippen LogP contribution is 2.28. The Kier molecular flexibility index (Phi) is 9.08. The molecule has 190 valence electrons. The van der Waals surface area contributed by atoms with E-state index in [2.05, 4.69) is 15.2 Å². The van der Waals surface area contributed by atoms with Crippen LogP contribution < -0.4 is 20.7 Å². The van der Waals surface area contributed by atoms with E-state index in [9.17, 15) is 14.0 Å². The number of nitrogen functional groups attached to an aromatic ring is 1. The largest absolute Gasteiger partial charge is 0.494 e. The van der Waals surface area contributed by atoms with Crippen molar-refractivity contribution in [2.75, 3.05) is 42.8 Å². The van der Waals surface area contributed by atoms with Gasteiger partial charge in [-0.2, -0.15) is 0 Å². The Morgan fingerprint density at radius 2 is 1.86 bits per heavy atom. The summed E-state index contributed by atoms with van der Waals surface area (Å²) in [5.74, 6) is -0.887. The molecule has 8 nitrogen and oxygen atoms in total. The van der Waals surface area contributed by atoms with Gasteiger partial charge in [-0.1, -0.05) is 6.07 Å². The van der Waals surface area contributed by atoms with E-state index >= 15 is 0 Å². The lowest BCUT2D eigenvalue weighted by Crippen LogP contribution is -2.35. The molecule has 0 radical (unpaired) electrons. The molecular weight excluding hydrogens is 487 g/mol. The number of methoxy groups -OCH3 is 1. The van der Waals surface area contributed by atoms with E-state index in [0.717, 1.165) is 37.7 Å². The van der Waals surface area contributed by atoms with E-state index in [0.29, 0.717) is 0 Å². The van der Waals surface area contributed by atoms with Crippen LogP contribution in [0.25, 0.3) is 0 Å². The highest BCUT2D eigenvalue weighted by molar-refractivity contribution is 6.15. The van der Waals surface area contributed by atoms with Crippen LogP contribution in [0.2, 0.25) is 0 Å². The molecule has 1 aromatic heterocycles. The summed E-state index contributed by atoms with van der Waals surface area (Å²) in [6, 6.07) is 12.5. The summed E-state index contributed by atoms with van der Waals surface area (Å²) in [5, 5.41) is 2.60. The fourth-order valence-corrected chi connectivity index (χ4v) is 4.11. The molecule has 0 saturated carbocycles. The van der Waals surface area contributed by atoms with Gasteiger partial charge in [0.1, 0.15) is 0 Å². The lowest BCUT2D eigenvalue weighted by molar-refractivity contribution is 0.103. The van der Waals surface area contributed by atoms with E-state index in [1.54, 1.807) is 24.5 Å². The molecule has 2 heterocycles. The number of ether oxygens (including phenoxy) is 2. The Morgan fingerprint density at radius 1 is 1.14 bits per heavy atom. The Hall–Kier alpha value is -3.85. The lowest BCUT2D eigenvalue weighted by Gasteiger charge is -2.33. The fourth-order valence-electron chi connectivity index (χ4n) is 4.11. The van der Waals surface area contributed by atoms with Crippen molar-refractivity contribution >= 4 is 41.3 Å². The van der Waals surface area contributed by atoms with Crippen LogP contribution in [0.5, 0.6) is 5.75 Å².